The Morgan fingerprint density at radius 1 is 0.947 bits per heavy atom. The average molecular weight is 571 g/mol. The van der Waals surface area contributed by atoms with Crippen LogP contribution in [0.3, 0.4) is 0 Å². The number of benzene rings is 2. The number of hydrogen-bond donors (Lipinski definition) is 2. The molecule has 0 bridgehead atoms. The SMILES string of the molecule is CC(C)(C)c1ccc(-n2nnnc2SCC(=O)Nc2ccc(NC(=O)Cc3ccncc3)cc2Cl)c(Cl)c1. The van der Waals surface area contributed by atoms with Crippen molar-refractivity contribution in [1.29, 1.82) is 0 Å². The number of aromatic nitrogens is 5. The van der Waals surface area contributed by atoms with Crippen molar-refractivity contribution in [3.05, 3.63) is 82.1 Å². The fraction of sp³-hybridized carbons (Fsp3) is 0.231. The van der Waals surface area contributed by atoms with Crippen molar-refractivity contribution in [2.24, 2.45) is 0 Å². The lowest BCUT2D eigenvalue weighted by Crippen LogP contribution is -2.16. The number of nitrogens with zero attached hydrogens (tertiary/aromatic N) is 5. The lowest BCUT2D eigenvalue weighted by atomic mass is 9.87. The number of thioether (sulfide) groups is 1. The predicted molar refractivity (Wildman–Crippen MR) is 150 cm³/mol. The summed E-state index contributed by atoms with van der Waals surface area (Å²) in [6, 6.07) is 14.2. The van der Waals surface area contributed by atoms with E-state index in [9.17, 15) is 9.59 Å². The molecule has 0 unspecified atom stereocenters. The molecule has 0 saturated heterocycles. The number of amides is 2. The minimum Gasteiger partial charge on any atom is -0.326 e. The van der Waals surface area contributed by atoms with Gasteiger partial charge in [0.25, 0.3) is 0 Å². The molecule has 4 aromatic rings. The number of anilines is 2. The Labute approximate surface area is 234 Å². The van der Waals surface area contributed by atoms with E-state index in [1.54, 1.807) is 42.7 Å². The molecule has 0 aliphatic carbocycles. The zero-order valence-corrected chi connectivity index (χ0v) is 23.2. The first-order chi connectivity index (χ1) is 18.1. The van der Waals surface area contributed by atoms with Crippen LogP contribution in [-0.2, 0) is 21.4 Å². The summed E-state index contributed by atoms with van der Waals surface area (Å²) in [5, 5.41) is 18.6. The highest BCUT2D eigenvalue weighted by atomic mass is 35.5. The number of carbonyl (C=O) groups is 2. The largest absolute Gasteiger partial charge is 0.326 e. The summed E-state index contributed by atoms with van der Waals surface area (Å²) in [5.74, 6) is -0.444. The fourth-order valence-corrected chi connectivity index (χ4v) is 4.64. The Bertz CT molecular complexity index is 1460. The van der Waals surface area contributed by atoms with E-state index in [-0.39, 0.29) is 29.4 Å². The molecule has 0 saturated carbocycles. The summed E-state index contributed by atoms with van der Waals surface area (Å²) in [5.41, 5.74) is 3.45. The lowest BCUT2D eigenvalue weighted by molar-refractivity contribution is -0.115. The molecule has 0 radical (unpaired) electrons. The van der Waals surface area contributed by atoms with Crippen LogP contribution >= 0.6 is 35.0 Å². The van der Waals surface area contributed by atoms with Crippen molar-refractivity contribution in [3.63, 3.8) is 0 Å². The van der Waals surface area contributed by atoms with E-state index >= 15 is 0 Å². The average Bonchev–Trinajstić information content (AvgIpc) is 3.33. The molecule has 0 fully saturated rings. The van der Waals surface area contributed by atoms with Crippen LogP contribution in [0.1, 0.15) is 31.9 Å². The Kier molecular flexibility index (Phi) is 8.65. The second-order valence-electron chi connectivity index (χ2n) is 9.40. The zero-order chi connectivity index (χ0) is 27.3. The highest BCUT2D eigenvalue weighted by Gasteiger charge is 2.19. The third kappa shape index (κ3) is 7.09. The number of nitrogens with one attached hydrogen (secondary N) is 2. The van der Waals surface area contributed by atoms with Crippen LogP contribution in [0.4, 0.5) is 11.4 Å². The molecule has 2 aromatic heterocycles. The van der Waals surface area contributed by atoms with Gasteiger partial charge in [-0.15, -0.1) is 5.10 Å². The molecule has 0 aliphatic heterocycles. The molecule has 12 heteroatoms. The summed E-state index contributed by atoms with van der Waals surface area (Å²) < 4.78 is 1.50. The van der Waals surface area contributed by atoms with Gasteiger partial charge in [0.1, 0.15) is 0 Å². The summed E-state index contributed by atoms with van der Waals surface area (Å²) in [6.07, 6.45) is 3.48. The van der Waals surface area contributed by atoms with Gasteiger partial charge in [-0.1, -0.05) is 61.8 Å². The van der Waals surface area contributed by atoms with Crippen LogP contribution in [0.25, 0.3) is 5.69 Å². The normalized spacial score (nSPS) is 11.3. The molecule has 9 nitrogen and oxygen atoms in total. The molecular formula is C26H25Cl2N7O2S. The molecule has 0 atom stereocenters. The number of tetrazole rings is 1. The Morgan fingerprint density at radius 3 is 2.39 bits per heavy atom. The summed E-state index contributed by atoms with van der Waals surface area (Å²) >= 11 is 14.0. The number of carbonyl (C=O) groups excluding carboxylic acids is 2. The van der Waals surface area contributed by atoms with Crippen molar-refractivity contribution in [2.45, 2.75) is 37.8 Å². The van der Waals surface area contributed by atoms with Crippen LogP contribution in [-0.4, -0.2) is 42.8 Å². The number of rotatable bonds is 8. The molecule has 2 aromatic carbocycles. The van der Waals surface area contributed by atoms with Crippen LogP contribution in [0.15, 0.2) is 66.1 Å². The fourth-order valence-electron chi connectivity index (χ4n) is 3.47. The Morgan fingerprint density at radius 2 is 1.71 bits per heavy atom. The molecule has 0 aliphatic rings. The molecule has 2 heterocycles. The maximum absolute atomic E-state index is 12.6. The van der Waals surface area contributed by atoms with Crippen molar-refractivity contribution >= 4 is 58.2 Å². The Balaban J connectivity index is 1.35. The maximum Gasteiger partial charge on any atom is 0.234 e. The van der Waals surface area contributed by atoms with Crippen LogP contribution in [0.5, 0.6) is 0 Å². The van der Waals surface area contributed by atoms with Gasteiger partial charge in [0.2, 0.25) is 17.0 Å². The molecule has 2 N–H and O–H groups in total. The predicted octanol–water partition coefficient (Wildman–Crippen LogP) is 5.57. The van der Waals surface area contributed by atoms with Gasteiger partial charge in [-0.2, -0.15) is 4.68 Å². The van der Waals surface area contributed by atoms with Crippen LogP contribution in [0, 0.1) is 0 Å². The highest BCUT2D eigenvalue weighted by Crippen LogP contribution is 2.31. The van der Waals surface area contributed by atoms with E-state index in [1.165, 1.54) is 4.68 Å². The van der Waals surface area contributed by atoms with E-state index in [2.05, 4.69) is 51.9 Å². The summed E-state index contributed by atoms with van der Waals surface area (Å²) in [4.78, 5) is 28.9. The van der Waals surface area contributed by atoms with Gasteiger partial charge in [-0.3, -0.25) is 14.6 Å². The molecular weight excluding hydrogens is 545 g/mol. The summed E-state index contributed by atoms with van der Waals surface area (Å²) in [6.45, 7) is 6.32. The molecule has 0 spiro atoms. The van der Waals surface area contributed by atoms with Gasteiger partial charge >= 0.3 is 0 Å². The quantitative estimate of drug-likeness (QED) is 0.266. The minimum atomic E-state index is -0.296. The van der Waals surface area contributed by atoms with E-state index < -0.39 is 0 Å². The first-order valence-electron chi connectivity index (χ1n) is 11.6. The van der Waals surface area contributed by atoms with Crippen molar-refractivity contribution in [2.75, 3.05) is 16.4 Å². The zero-order valence-electron chi connectivity index (χ0n) is 20.9. The molecule has 38 heavy (non-hydrogen) atoms. The maximum atomic E-state index is 12.6. The first-order valence-corrected chi connectivity index (χ1v) is 13.3. The van der Waals surface area contributed by atoms with Gasteiger partial charge < -0.3 is 10.6 Å². The van der Waals surface area contributed by atoms with E-state index in [4.69, 9.17) is 23.2 Å². The van der Waals surface area contributed by atoms with E-state index in [0.717, 1.165) is 22.9 Å². The first kappa shape index (κ1) is 27.6. The van der Waals surface area contributed by atoms with Crippen molar-refractivity contribution < 1.29 is 9.59 Å². The summed E-state index contributed by atoms with van der Waals surface area (Å²) in [7, 11) is 0. The van der Waals surface area contributed by atoms with Gasteiger partial charge in [0.05, 0.1) is 33.6 Å². The number of halogens is 2. The Hall–Kier alpha value is -3.47. The van der Waals surface area contributed by atoms with Crippen LogP contribution in [0.2, 0.25) is 10.0 Å². The molecule has 2 amide bonds. The molecule has 196 valence electrons. The van der Waals surface area contributed by atoms with E-state index in [1.807, 2.05) is 18.2 Å². The van der Waals surface area contributed by atoms with Gasteiger partial charge in [-0.05, 0) is 69.4 Å². The van der Waals surface area contributed by atoms with Gasteiger partial charge in [0.15, 0.2) is 0 Å². The van der Waals surface area contributed by atoms with Crippen molar-refractivity contribution in [3.8, 4) is 5.69 Å². The smallest absolute Gasteiger partial charge is 0.234 e. The van der Waals surface area contributed by atoms with E-state index in [0.29, 0.717) is 32.3 Å². The lowest BCUT2D eigenvalue weighted by Gasteiger charge is -2.20. The van der Waals surface area contributed by atoms with Gasteiger partial charge in [-0.25, -0.2) is 0 Å². The second kappa shape index (κ2) is 11.9. The van der Waals surface area contributed by atoms with Crippen LogP contribution < -0.4 is 10.6 Å². The monoisotopic (exact) mass is 569 g/mol. The third-order valence-corrected chi connectivity index (χ3v) is 6.99. The standard InChI is InChI=1S/C26H25Cl2N7O2S/c1-26(2,3)17-4-7-22(20(28)13-17)35-25(32-33-34-35)38-15-24(37)31-21-6-5-18(14-19(21)27)30-23(36)12-16-8-10-29-11-9-16/h4-11,13-14H,12,15H2,1-3H3,(H,30,36)(H,31,37). The third-order valence-electron chi connectivity index (χ3n) is 5.46. The van der Waals surface area contributed by atoms with Gasteiger partial charge in [0, 0.05) is 18.1 Å². The number of hydrogen-bond acceptors (Lipinski definition) is 7. The van der Waals surface area contributed by atoms with Crippen molar-refractivity contribution in [1.82, 2.24) is 25.2 Å². The highest BCUT2D eigenvalue weighted by molar-refractivity contribution is 7.99. The molecule has 4 rings (SSSR count). The number of pyridine rings is 1. The second-order valence-corrected chi connectivity index (χ2v) is 11.2. The minimum absolute atomic E-state index is 0.0405. The topological polar surface area (TPSA) is 115 Å².